The summed E-state index contributed by atoms with van der Waals surface area (Å²) in [7, 11) is 0. The Morgan fingerprint density at radius 1 is 1.31 bits per heavy atom. The van der Waals surface area contributed by atoms with Crippen LogP contribution in [0.3, 0.4) is 0 Å². The number of hydrogen-bond donors (Lipinski definition) is 1. The third-order valence-corrected chi connectivity index (χ3v) is 2.10. The molecular formula is C12H20O. The van der Waals surface area contributed by atoms with Crippen LogP contribution < -0.4 is 0 Å². The number of rotatable bonds is 6. The van der Waals surface area contributed by atoms with Crippen molar-refractivity contribution in [1.29, 1.82) is 0 Å². The van der Waals surface area contributed by atoms with Crippen LogP contribution in [0.15, 0.2) is 37.0 Å². The molecule has 0 spiro atoms. The average molecular weight is 180 g/mol. The van der Waals surface area contributed by atoms with Gasteiger partial charge in [0, 0.05) is 0 Å². The highest BCUT2D eigenvalue weighted by atomic mass is 16.3. The van der Waals surface area contributed by atoms with Crippen LogP contribution in [-0.2, 0) is 0 Å². The highest BCUT2D eigenvalue weighted by Gasteiger charge is 2.04. The van der Waals surface area contributed by atoms with E-state index in [4.69, 9.17) is 0 Å². The molecule has 1 unspecified atom stereocenters. The van der Waals surface area contributed by atoms with Crippen molar-refractivity contribution in [2.24, 2.45) is 5.92 Å². The molecule has 1 nitrogen and oxygen atoms in total. The van der Waals surface area contributed by atoms with E-state index in [2.05, 4.69) is 19.2 Å². The summed E-state index contributed by atoms with van der Waals surface area (Å²) in [6, 6.07) is 0. The molecule has 0 fully saturated rings. The van der Waals surface area contributed by atoms with E-state index in [1.807, 2.05) is 19.1 Å². The van der Waals surface area contributed by atoms with Crippen molar-refractivity contribution in [1.82, 2.24) is 0 Å². The lowest BCUT2D eigenvalue weighted by molar-refractivity contribution is 0.230. The quantitative estimate of drug-likeness (QED) is 0.623. The van der Waals surface area contributed by atoms with Crippen LogP contribution in [0.4, 0.5) is 0 Å². The molecule has 0 heterocycles. The molecule has 0 aromatic rings. The van der Waals surface area contributed by atoms with Gasteiger partial charge >= 0.3 is 0 Å². The molecular weight excluding hydrogens is 160 g/mol. The minimum atomic E-state index is -0.350. The Kier molecular flexibility index (Phi) is 6.25. The van der Waals surface area contributed by atoms with Crippen molar-refractivity contribution >= 4 is 0 Å². The minimum absolute atomic E-state index is 0.350. The number of aliphatic hydroxyl groups is 1. The lowest BCUT2D eigenvalue weighted by Crippen LogP contribution is -2.04. The van der Waals surface area contributed by atoms with Gasteiger partial charge in [-0.2, -0.15) is 0 Å². The zero-order valence-corrected chi connectivity index (χ0v) is 8.66. The first-order valence-electron chi connectivity index (χ1n) is 4.70. The van der Waals surface area contributed by atoms with Crippen LogP contribution in [0, 0.1) is 5.92 Å². The second-order valence-electron chi connectivity index (χ2n) is 3.40. The van der Waals surface area contributed by atoms with Gasteiger partial charge < -0.3 is 5.11 Å². The van der Waals surface area contributed by atoms with Crippen LogP contribution in [0.5, 0.6) is 0 Å². The summed E-state index contributed by atoms with van der Waals surface area (Å²) in [6.07, 6.45) is 7.44. The van der Waals surface area contributed by atoms with Gasteiger partial charge in [0.25, 0.3) is 0 Å². The number of allylic oxidation sites excluding steroid dienone is 3. The lowest BCUT2D eigenvalue weighted by atomic mass is 9.97. The summed E-state index contributed by atoms with van der Waals surface area (Å²) in [5.74, 6) is 0.435. The average Bonchev–Trinajstić information content (AvgIpc) is 2.05. The fraction of sp³-hybridized carbons (Fsp3) is 0.500. The molecule has 0 aliphatic carbocycles. The van der Waals surface area contributed by atoms with Gasteiger partial charge in [-0.25, -0.2) is 0 Å². The molecule has 0 saturated carbocycles. The number of aliphatic hydroxyl groups excluding tert-OH is 1. The second-order valence-corrected chi connectivity index (χ2v) is 3.40. The minimum Gasteiger partial charge on any atom is -0.389 e. The van der Waals surface area contributed by atoms with Crippen molar-refractivity contribution in [3.05, 3.63) is 37.0 Å². The van der Waals surface area contributed by atoms with E-state index in [1.165, 1.54) is 0 Å². The first kappa shape index (κ1) is 12.2. The molecule has 0 aromatic carbocycles. The first-order valence-corrected chi connectivity index (χ1v) is 4.70. The predicted molar refractivity (Wildman–Crippen MR) is 58.6 cm³/mol. The van der Waals surface area contributed by atoms with Gasteiger partial charge in [-0.15, -0.1) is 13.2 Å². The third kappa shape index (κ3) is 5.42. The standard InChI is InChI=1S/C12H20O/c1-5-7-12(8-6-2)9-10(3)11(4)13/h5-6,9,11-13H,1-2,7-8H2,3-4H3/b10-9+. The zero-order chi connectivity index (χ0) is 10.3. The summed E-state index contributed by atoms with van der Waals surface area (Å²) in [5, 5.41) is 9.29. The van der Waals surface area contributed by atoms with Crippen molar-refractivity contribution in [2.75, 3.05) is 0 Å². The van der Waals surface area contributed by atoms with Crippen LogP contribution in [0.2, 0.25) is 0 Å². The molecule has 74 valence electrons. The second kappa shape index (κ2) is 6.67. The van der Waals surface area contributed by atoms with Gasteiger partial charge in [0.1, 0.15) is 0 Å². The number of hydrogen-bond acceptors (Lipinski definition) is 1. The van der Waals surface area contributed by atoms with E-state index in [1.54, 1.807) is 6.92 Å². The monoisotopic (exact) mass is 180 g/mol. The third-order valence-electron chi connectivity index (χ3n) is 2.10. The van der Waals surface area contributed by atoms with E-state index < -0.39 is 0 Å². The maximum atomic E-state index is 9.29. The van der Waals surface area contributed by atoms with E-state index in [0.717, 1.165) is 18.4 Å². The van der Waals surface area contributed by atoms with Crippen LogP contribution >= 0.6 is 0 Å². The Labute approximate surface area is 81.5 Å². The van der Waals surface area contributed by atoms with Crippen molar-refractivity contribution < 1.29 is 5.11 Å². The summed E-state index contributed by atoms with van der Waals surface area (Å²) in [6.45, 7) is 11.1. The maximum Gasteiger partial charge on any atom is 0.0719 e. The van der Waals surface area contributed by atoms with Gasteiger partial charge in [0.2, 0.25) is 0 Å². The van der Waals surface area contributed by atoms with Gasteiger partial charge in [0.05, 0.1) is 6.10 Å². The summed E-state index contributed by atoms with van der Waals surface area (Å²) >= 11 is 0. The Balaban J connectivity index is 4.28. The highest BCUT2D eigenvalue weighted by molar-refractivity contribution is 5.07. The topological polar surface area (TPSA) is 20.2 Å². The van der Waals surface area contributed by atoms with E-state index in [-0.39, 0.29) is 6.10 Å². The van der Waals surface area contributed by atoms with E-state index >= 15 is 0 Å². The SMILES string of the molecule is C=CCC(/C=C(\C)C(C)O)CC=C. The van der Waals surface area contributed by atoms with Gasteiger partial charge in [-0.05, 0) is 38.2 Å². The van der Waals surface area contributed by atoms with Crippen molar-refractivity contribution in [3.8, 4) is 0 Å². The highest BCUT2D eigenvalue weighted by Crippen LogP contribution is 2.15. The van der Waals surface area contributed by atoms with Crippen molar-refractivity contribution in [3.63, 3.8) is 0 Å². The van der Waals surface area contributed by atoms with Gasteiger partial charge in [0.15, 0.2) is 0 Å². The lowest BCUT2D eigenvalue weighted by Gasteiger charge is -2.11. The summed E-state index contributed by atoms with van der Waals surface area (Å²) in [5.41, 5.74) is 1.02. The smallest absolute Gasteiger partial charge is 0.0719 e. The Hall–Kier alpha value is -0.820. The first-order chi connectivity index (χ1) is 6.11. The molecule has 0 aromatic heterocycles. The Morgan fingerprint density at radius 2 is 1.77 bits per heavy atom. The summed E-state index contributed by atoms with van der Waals surface area (Å²) < 4.78 is 0. The fourth-order valence-electron chi connectivity index (χ4n) is 1.17. The van der Waals surface area contributed by atoms with Crippen molar-refractivity contribution in [2.45, 2.75) is 32.8 Å². The largest absolute Gasteiger partial charge is 0.389 e. The van der Waals surface area contributed by atoms with E-state index in [9.17, 15) is 5.11 Å². The zero-order valence-electron chi connectivity index (χ0n) is 8.66. The van der Waals surface area contributed by atoms with Crippen LogP contribution in [0.1, 0.15) is 26.7 Å². The van der Waals surface area contributed by atoms with Gasteiger partial charge in [-0.3, -0.25) is 0 Å². The fourth-order valence-corrected chi connectivity index (χ4v) is 1.17. The van der Waals surface area contributed by atoms with Gasteiger partial charge in [-0.1, -0.05) is 18.2 Å². The molecule has 1 heteroatoms. The molecule has 0 aliphatic heterocycles. The molecule has 0 aliphatic rings. The molecule has 1 atom stereocenters. The molecule has 1 N–H and O–H groups in total. The molecule has 0 saturated heterocycles. The predicted octanol–water partition coefficient (Wildman–Crippen LogP) is 3.08. The molecule has 0 bridgehead atoms. The van der Waals surface area contributed by atoms with E-state index in [0.29, 0.717) is 5.92 Å². The molecule has 13 heavy (non-hydrogen) atoms. The Bertz CT molecular complexity index is 179. The van der Waals surface area contributed by atoms with Crippen LogP contribution in [-0.4, -0.2) is 11.2 Å². The van der Waals surface area contributed by atoms with Crippen LogP contribution in [0.25, 0.3) is 0 Å². The summed E-state index contributed by atoms with van der Waals surface area (Å²) in [4.78, 5) is 0. The molecule has 0 radical (unpaired) electrons. The molecule has 0 amide bonds. The molecule has 0 rings (SSSR count). The normalized spacial score (nSPS) is 14.3. The maximum absolute atomic E-state index is 9.29. The Morgan fingerprint density at radius 3 is 2.08 bits per heavy atom.